The fourth-order valence-electron chi connectivity index (χ4n) is 4.23. The fraction of sp³-hybridized carbons (Fsp3) is 0.538. The van der Waals surface area contributed by atoms with Crippen LogP contribution in [0.25, 0.3) is 10.8 Å². The van der Waals surface area contributed by atoms with Crippen molar-refractivity contribution in [1.82, 2.24) is 20.5 Å². The first-order chi connectivity index (χ1) is 16.7. The number of benzene rings is 1. The molecule has 0 aliphatic carbocycles. The summed E-state index contributed by atoms with van der Waals surface area (Å²) in [5, 5.41) is 7.28. The zero-order valence-electron chi connectivity index (χ0n) is 22.0. The van der Waals surface area contributed by atoms with Crippen LogP contribution >= 0.6 is 0 Å². The van der Waals surface area contributed by atoms with Gasteiger partial charge in [0.15, 0.2) is 0 Å². The topological polar surface area (TPSA) is 136 Å². The van der Waals surface area contributed by atoms with Gasteiger partial charge in [0.2, 0.25) is 17.7 Å². The minimum atomic E-state index is -0.886. The van der Waals surface area contributed by atoms with Crippen molar-refractivity contribution < 1.29 is 23.9 Å². The lowest BCUT2D eigenvalue weighted by Crippen LogP contribution is -2.60. The molecule has 196 valence electrons. The van der Waals surface area contributed by atoms with Crippen molar-refractivity contribution in [3.05, 3.63) is 30.5 Å². The summed E-state index contributed by atoms with van der Waals surface area (Å²) in [5.74, 6) is 0.0870. The number of fused-ring (bicyclic) bond motifs is 1. The molecule has 1 aliphatic heterocycles. The second-order valence-corrected chi connectivity index (χ2v) is 11.2. The van der Waals surface area contributed by atoms with Crippen molar-refractivity contribution in [2.24, 2.45) is 11.1 Å². The number of carbonyl (C=O) groups excluding carboxylic acids is 3. The van der Waals surface area contributed by atoms with E-state index < -0.39 is 47.0 Å². The van der Waals surface area contributed by atoms with Crippen LogP contribution in [0.5, 0.6) is 11.6 Å². The number of nitrogens with zero attached hydrogens (tertiary/aromatic N) is 2. The maximum absolute atomic E-state index is 13.7. The molecule has 4 N–H and O–H groups in total. The van der Waals surface area contributed by atoms with Crippen LogP contribution in [0.2, 0.25) is 0 Å². The number of amides is 4. The maximum Gasteiger partial charge on any atom is 0.315 e. The highest BCUT2D eigenvalue weighted by atomic mass is 16.5. The van der Waals surface area contributed by atoms with Gasteiger partial charge in [0.05, 0.1) is 13.7 Å². The van der Waals surface area contributed by atoms with Crippen LogP contribution in [0.1, 0.15) is 48.0 Å². The van der Waals surface area contributed by atoms with E-state index in [4.69, 9.17) is 15.2 Å². The van der Waals surface area contributed by atoms with Gasteiger partial charge in [0, 0.05) is 23.5 Å². The molecule has 4 amide bonds. The number of hydrogen-bond acceptors (Lipinski definition) is 6. The number of nitrogens with two attached hydrogens (primary N) is 1. The third-order valence-electron chi connectivity index (χ3n) is 5.96. The molecule has 1 aromatic carbocycles. The summed E-state index contributed by atoms with van der Waals surface area (Å²) in [5.41, 5.74) is 4.58. The number of nitrogens with one attached hydrogen (secondary N) is 2. The van der Waals surface area contributed by atoms with Gasteiger partial charge in [-0.05, 0) is 55.8 Å². The quantitative estimate of drug-likeness (QED) is 0.559. The van der Waals surface area contributed by atoms with Crippen molar-refractivity contribution in [2.75, 3.05) is 13.7 Å². The van der Waals surface area contributed by atoms with Crippen LogP contribution in [0, 0.1) is 5.41 Å². The summed E-state index contributed by atoms with van der Waals surface area (Å²) in [6.45, 7) is 11.2. The second kappa shape index (κ2) is 10.2. The number of rotatable bonds is 6. The largest absolute Gasteiger partial charge is 0.497 e. The molecule has 0 unspecified atom stereocenters. The number of hydrogen-bond donors (Lipinski definition) is 3. The van der Waals surface area contributed by atoms with Crippen molar-refractivity contribution in [3.8, 4) is 11.6 Å². The molecule has 36 heavy (non-hydrogen) atoms. The molecule has 2 heterocycles. The minimum Gasteiger partial charge on any atom is -0.497 e. The molecule has 0 bridgehead atoms. The van der Waals surface area contributed by atoms with Gasteiger partial charge in [0.25, 0.3) is 0 Å². The van der Waals surface area contributed by atoms with E-state index in [9.17, 15) is 14.4 Å². The van der Waals surface area contributed by atoms with E-state index in [2.05, 4.69) is 15.6 Å². The monoisotopic (exact) mass is 499 g/mol. The lowest BCUT2D eigenvalue weighted by molar-refractivity contribution is -0.141. The van der Waals surface area contributed by atoms with E-state index >= 15 is 0 Å². The molecule has 10 heteroatoms. The Labute approximate surface area is 211 Å². The highest BCUT2D eigenvalue weighted by molar-refractivity contribution is 5.92. The van der Waals surface area contributed by atoms with Gasteiger partial charge in [-0.15, -0.1) is 0 Å². The number of aromatic nitrogens is 1. The van der Waals surface area contributed by atoms with Crippen molar-refractivity contribution in [3.63, 3.8) is 0 Å². The number of urea groups is 1. The number of likely N-dealkylation sites (tertiary alicyclic amines) is 1. The van der Waals surface area contributed by atoms with E-state index in [1.54, 1.807) is 13.3 Å². The molecule has 10 nitrogen and oxygen atoms in total. The first kappa shape index (κ1) is 27.0. The predicted octanol–water partition coefficient (Wildman–Crippen LogP) is 2.59. The van der Waals surface area contributed by atoms with E-state index in [1.807, 2.05) is 65.8 Å². The Kier molecular flexibility index (Phi) is 7.66. The van der Waals surface area contributed by atoms with Crippen molar-refractivity contribution in [2.45, 2.75) is 71.7 Å². The SMILES string of the molecule is COc1ccc2c(O[C@H]3C[C@@H](C(N)=O)N(C(=O)[C@@H](NC(=O)NC(C)(C)C)C(C)(C)C)C3)nccc2c1. The Morgan fingerprint density at radius 2 is 1.83 bits per heavy atom. The minimum absolute atomic E-state index is 0.135. The second-order valence-electron chi connectivity index (χ2n) is 11.2. The Morgan fingerprint density at radius 1 is 1.14 bits per heavy atom. The molecule has 0 radical (unpaired) electrons. The van der Waals surface area contributed by atoms with E-state index in [0.29, 0.717) is 11.6 Å². The van der Waals surface area contributed by atoms with Gasteiger partial charge in [-0.25, -0.2) is 9.78 Å². The van der Waals surface area contributed by atoms with Gasteiger partial charge >= 0.3 is 6.03 Å². The number of carbonyl (C=O) groups is 3. The number of primary amides is 1. The van der Waals surface area contributed by atoms with E-state index in [0.717, 1.165) is 10.8 Å². The molecule has 0 spiro atoms. The van der Waals surface area contributed by atoms with Crippen LogP contribution in [-0.4, -0.2) is 65.1 Å². The first-order valence-electron chi connectivity index (χ1n) is 12.0. The molecule has 1 saturated heterocycles. The predicted molar refractivity (Wildman–Crippen MR) is 137 cm³/mol. The molecule has 1 aromatic heterocycles. The Hall–Kier alpha value is -3.56. The summed E-state index contributed by atoms with van der Waals surface area (Å²) < 4.78 is 11.5. The van der Waals surface area contributed by atoms with Gasteiger partial charge in [0.1, 0.15) is 23.9 Å². The average Bonchev–Trinajstić information content (AvgIpc) is 3.19. The first-order valence-corrected chi connectivity index (χ1v) is 12.0. The molecule has 0 saturated carbocycles. The van der Waals surface area contributed by atoms with Crippen LogP contribution in [0.4, 0.5) is 4.79 Å². The lowest BCUT2D eigenvalue weighted by atomic mass is 9.85. The summed E-state index contributed by atoms with van der Waals surface area (Å²) in [4.78, 5) is 44.4. The Bertz CT molecular complexity index is 1140. The normalized spacial score (nSPS) is 19.0. The third-order valence-corrected chi connectivity index (χ3v) is 5.96. The molecule has 3 rings (SSSR count). The molecule has 1 fully saturated rings. The van der Waals surface area contributed by atoms with Crippen LogP contribution < -0.4 is 25.8 Å². The van der Waals surface area contributed by atoms with Crippen molar-refractivity contribution in [1.29, 1.82) is 0 Å². The highest BCUT2D eigenvalue weighted by Gasteiger charge is 2.45. The van der Waals surface area contributed by atoms with Crippen LogP contribution in [0.3, 0.4) is 0 Å². The summed E-state index contributed by atoms with van der Waals surface area (Å²) in [6, 6.07) is 5.18. The maximum atomic E-state index is 13.7. The Balaban J connectivity index is 1.83. The smallest absolute Gasteiger partial charge is 0.315 e. The van der Waals surface area contributed by atoms with Gasteiger partial charge in [-0.1, -0.05) is 20.8 Å². The molecular weight excluding hydrogens is 462 g/mol. The van der Waals surface area contributed by atoms with Gasteiger partial charge in [-0.3, -0.25) is 9.59 Å². The zero-order valence-corrected chi connectivity index (χ0v) is 22.0. The molecule has 2 aromatic rings. The van der Waals surface area contributed by atoms with Gasteiger partial charge < -0.3 is 30.7 Å². The molecule has 3 atom stereocenters. The number of ether oxygens (including phenoxy) is 2. The highest BCUT2D eigenvalue weighted by Crippen LogP contribution is 2.31. The van der Waals surface area contributed by atoms with Crippen LogP contribution in [0.15, 0.2) is 30.5 Å². The Morgan fingerprint density at radius 3 is 2.42 bits per heavy atom. The van der Waals surface area contributed by atoms with Gasteiger partial charge in [-0.2, -0.15) is 0 Å². The zero-order chi connectivity index (χ0) is 26.8. The third kappa shape index (κ3) is 6.35. The molecule has 1 aliphatic rings. The van der Waals surface area contributed by atoms with E-state index in [-0.39, 0.29) is 13.0 Å². The number of pyridine rings is 1. The molecular formula is C26H37N5O5. The average molecular weight is 500 g/mol. The standard InChI is InChI=1S/C26H37N5O5/c1-25(2,3)20(29-24(34)30-26(4,5)6)23(33)31-14-17(13-19(31)21(27)32)36-22-18-9-8-16(35-7)12-15(18)10-11-28-22/h8-12,17,19-20H,13-14H2,1-7H3,(H2,27,32)(H2,29,30,34)/t17-,19-,20+/m0/s1. The lowest BCUT2D eigenvalue weighted by Gasteiger charge is -2.35. The summed E-state index contributed by atoms with van der Waals surface area (Å²) in [6.07, 6.45) is 1.35. The number of methoxy groups -OCH3 is 1. The fourth-order valence-corrected chi connectivity index (χ4v) is 4.23. The summed E-state index contributed by atoms with van der Waals surface area (Å²) >= 11 is 0. The summed E-state index contributed by atoms with van der Waals surface area (Å²) in [7, 11) is 1.60. The van der Waals surface area contributed by atoms with E-state index in [1.165, 1.54) is 4.90 Å². The van der Waals surface area contributed by atoms with Crippen LogP contribution in [-0.2, 0) is 9.59 Å². The van der Waals surface area contributed by atoms with Crippen molar-refractivity contribution >= 4 is 28.6 Å².